The zero-order valence-corrected chi connectivity index (χ0v) is 28.7. The van der Waals surface area contributed by atoms with Gasteiger partial charge >= 0.3 is 0 Å². The van der Waals surface area contributed by atoms with Crippen LogP contribution in [0.2, 0.25) is 0 Å². The third-order valence-electron chi connectivity index (χ3n) is 10.8. The number of nitrogens with zero attached hydrogens (tertiary/aromatic N) is 1. The number of hydrogen-bond acceptors (Lipinski definition) is 0. The lowest BCUT2D eigenvalue weighted by molar-refractivity contribution is 1.09. The molecular weight excluding hydrogens is 627 g/mol. The van der Waals surface area contributed by atoms with Crippen LogP contribution in [0, 0.1) is 0 Å². The molecule has 0 spiro atoms. The molecule has 244 valence electrons. The summed E-state index contributed by atoms with van der Waals surface area (Å²) in [4.78, 5) is 0. The molecule has 1 aromatic heterocycles. The monoisotopic (exact) mass is 661 g/mol. The van der Waals surface area contributed by atoms with Gasteiger partial charge < -0.3 is 4.57 Å². The lowest BCUT2D eigenvalue weighted by atomic mass is 9.75. The molecule has 1 atom stereocenters. The van der Waals surface area contributed by atoms with Crippen molar-refractivity contribution in [1.82, 2.24) is 4.57 Å². The van der Waals surface area contributed by atoms with Gasteiger partial charge in [-0.1, -0.05) is 176 Å². The molecule has 0 N–H and O–H groups in total. The fourth-order valence-corrected chi connectivity index (χ4v) is 8.27. The summed E-state index contributed by atoms with van der Waals surface area (Å²) in [6, 6.07) is 68.3. The molecule has 1 heterocycles. The van der Waals surface area contributed by atoms with Gasteiger partial charge in [0, 0.05) is 22.4 Å². The molecule has 1 nitrogen and oxygen atoms in total. The molecule has 0 saturated heterocycles. The molecule has 1 aliphatic carbocycles. The molecular formula is C51H35N. The van der Waals surface area contributed by atoms with Gasteiger partial charge in [-0.3, -0.25) is 0 Å². The fraction of sp³-hybridized carbons (Fsp3) is 0.0196. The third-order valence-corrected chi connectivity index (χ3v) is 10.8. The largest absolute Gasteiger partial charge is 0.309 e. The highest BCUT2D eigenvalue weighted by Crippen LogP contribution is 2.47. The van der Waals surface area contributed by atoms with Crippen LogP contribution >= 0.6 is 0 Å². The molecule has 1 unspecified atom stereocenters. The molecule has 0 radical (unpaired) electrons. The van der Waals surface area contributed by atoms with Gasteiger partial charge in [0.2, 0.25) is 0 Å². The zero-order valence-electron chi connectivity index (χ0n) is 28.7. The summed E-state index contributed by atoms with van der Waals surface area (Å²) >= 11 is 0. The van der Waals surface area contributed by atoms with Crippen LogP contribution in [0.3, 0.4) is 0 Å². The molecule has 0 bridgehead atoms. The van der Waals surface area contributed by atoms with Crippen molar-refractivity contribution >= 4 is 43.7 Å². The summed E-state index contributed by atoms with van der Waals surface area (Å²) in [5, 5.41) is 5.06. The Morgan fingerprint density at radius 1 is 0.423 bits per heavy atom. The highest BCUT2D eigenvalue weighted by Gasteiger charge is 2.26. The fourth-order valence-electron chi connectivity index (χ4n) is 8.27. The van der Waals surface area contributed by atoms with Gasteiger partial charge in [-0.2, -0.15) is 0 Å². The number of aromatic nitrogens is 1. The van der Waals surface area contributed by atoms with E-state index in [-0.39, 0.29) is 5.92 Å². The Labute approximate surface area is 304 Å². The Morgan fingerprint density at radius 3 is 1.65 bits per heavy atom. The van der Waals surface area contributed by atoms with E-state index >= 15 is 0 Å². The van der Waals surface area contributed by atoms with Crippen LogP contribution in [0.4, 0.5) is 0 Å². The van der Waals surface area contributed by atoms with Crippen molar-refractivity contribution in [3.05, 3.63) is 223 Å². The molecule has 8 aromatic carbocycles. The molecule has 0 amide bonds. The summed E-state index contributed by atoms with van der Waals surface area (Å²) in [6.45, 7) is 4.63. The van der Waals surface area contributed by atoms with Gasteiger partial charge in [0.15, 0.2) is 0 Å². The minimum absolute atomic E-state index is 0.116. The molecule has 10 rings (SSSR count). The molecule has 0 aliphatic heterocycles. The highest BCUT2D eigenvalue weighted by molar-refractivity contribution is 6.09. The highest BCUT2D eigenvalue weighted by atomic mass is 15.0. The van der Waals surface area contributed by atoms with E-state index in [2.05, 4.69) is 205 Å². The maximum Gasteiger partial charge on any atom is 0.0541 e. The summed E-state index contributed by atoms with van der Waals surface area (Å²) < 4.78 is 2.38. The first kappa shape index (κ1) is 30.2. The van der Waals surface area contributed by atoms with E-state index in [1.807, 2.05) is 0 Å². The van der Waals surface area contributed by atoms with E-state index in [0.717, 1.165) is 5.57 Å². The van der Waals surface area contributed by atoms with E-state index < -0.39 is 0 Å². The molecule has 9 aromatic rings. The first-order valence-electron chi connectivity index (χ1n) is 18.0. The Kier molecular flexibility index (Phi) is 7.11. The number of benzene rings is 8. The van der Waals surface area contributed by atoms with Crippen molar-refractivity contribution in [3.8, 4) is 27.9 Å². The van der Waals surface area contributed by atoms with Crippen molar-refractivity contribution < 1.29 is 0 Å². The van der Waals surface area contributed by atoms with Crippen LogP contribution in [0.5, 0.6) is 0 Å². The summed E-state index contributed by atoms with van der Waals surface area (Å²) in [6.07, 6.45) is 2.42. The molecule has 0 fully saturated rings. The normalized spacial score (nSPS) is 14.1. The van der Waals surface area contributed by atoms with Crippen molar-refractivity contribution in [1.29, 1.82) is 0 Å². The Morgan fingerprint density at radius 2 is 0.981 bits per heavy atom. The lowest BCUT2D eigenvalue weighted by Crippen LogP contribution is -2.09. The smallest absolute Gasteiger partial charge is 0.0541 e. The first-order chi connectivity index (χ1) is 25.7. The number of para-hydroxylation sites is 2. The number of rotatable bonds is 5. The second-order valence-electron chi connectivity index (χ2n) is 13.8. The predicted octanol–water partition coefficient (Wildman–Crippen LogP) is 13.5. The number of fused-ring (bicyclic) bond motifs is 6. The van der Waals surface area contributed by atoms with Crippen molar-refractivity contribution in [3.63, 3.8) is 0 Å². The van der Waals surface area contributed by atoms with Crippen LogP contribution in [-0.2, 0) is 0 Å². The predicted molar refractivity (Wildman–Crippen MR) is 221 cm³/mol. The van der Waals surface area contributed by atoms with Crippen LogP contribution in [-0.4, -0.2) is 4.57 Å². The van der Waals surface area contributed by atoms with Crippen LogP contribution in [0.15, 0.2) is 201 Å². The third kappa shape index (κ3) is 4.93. The standard InChI is InChI=1S/C51H35N/c1-34-43-31-30-39-14-5-6-17-44(39)51(43)48(33-47(34)38-12-3-2-4-13-38)40-28-26-36(27-29-40)35-22-24-37(25-23-35)41-15-11-16-42(32-41)52-49-20-9-7-18-45(49)46-19-8-10-21-50(46)52/h2-33,47H,1H2. The Bertz CT molecular complexity index is 2780. The van der Waals surface area contributed by atoms with Gasteiger partial charge in [-0.05, 0) is 90.7 Å². The van der Waals surface area contributed by atoms with E-state index in [4.69, 9.17) is 0 Å². The minimum atomic E-state index is 0.116. The second kappa shape index (κ2) is 12.3. The number of hydrogen-bond donors (Lipinski definition) is 0. The molecule has 0 saturated carbocycles. The lowest BCUT2D eigenvalue weighted by Gasteiger charge is -2.28. The summed E-state index contributed by atoms with van der Waals surface area (Å²) in [5.41, 5.74) is 15.8. The van der Waals surface area contributed by atoms with Crippen LogP contribution in [0.1, 0.15) is 28.2 Å². The first-order valence-corrected chi connectivity index (χ1v) is 18.0. The van der Waals surface area contributed by atoms with Crippen molar-refractivity contribution in [2.24, 2.45) is 0 Å². The molecule has 1 heteroatoms. The topological polar surface area (TPSA) is 4.93 Å². The molecule has 52 heavy (non-hydrogen) atoms. The SMILES string of the molecule is C=C1c2ccc3ccccc3c2C(c2ccc(-c3ccc(-c4cccc(-n5c6ccccc6c6ccccc65)c4)cc3)cc2)=CC1c1ccccc1. The molecule has 1 aliphatic rings. The Hall–Kier alpha value is -6.70. The summed E-state index contributed by atoms with van der Waals surface area (Å²) in [5.74, 6) is 0.116. The van der Waals surface area contributed by atoms with Crippen LogP contribution < -0.4 is 0 Å². The van der Waals surface area contributed by atoms with Gasteiger partial charge in [-0.15, -0.1) is 0 Å². The maximum absolute atomic E-state index is 4.63. The minimum Gasteiger partial charge on any atom is -0.309 e. The van der Waals surface area contributed by atoms with Crippen molar-refractivity contribution in [2.75, 3.05) is 0 Å². The maximum atomic E-state index is 4.63. The van der Waals surface area contributed by atoms with E-state index in [1.54, 1.807) is 0 Å². The average Bonchev–Trinajstić information content (AvgIpc) is 3.56. The van der Waals surface area contributed by atoms with Crippen molar-refractivity contribution in [2.45, 2.75) is 5.92 Å². The van der Waals surface area contributed by atoms with E-state index in [0.29, 0.717) is 0 Å². The van der Waals surface area contributed by atoms with Gasteiger partial charge in [0.1, 0.15) is 0 Å². The zero-order chi connectivity index (χ0) is 34.6. The summed E-state index contributed by atoms with van der Waals surface area (Å²) in [7, 11) is 0. The van der Waals surface area contributed by atoms with E-state index in [9.17, 15) is 0 Å². The average molecular weight is 662 g/mol. The van der Waals surface area contributed by atoms with Gasteiger partial charge in [0.05, 0.1) is 11.0 Å². The van der Waals surface area contributed by atoms with E-state index in [1.165, 1.54) is 88.3 Å². The van der Waals surface area contributed by atoms with Crippen LogP contribution in [0.25, 0.3) is 71.7 Å². The number of allylic oxidation sites excluding steroid dienone is 2. The second-order valence-corrected chi connectivity index (χ2v) is 13.8. The van der Waals surface area contributed by atoms with Gasteiger partial charge in [0.25, 0.3) is 0 Å². The Balaban J connectivity index is 0.993. The van der Waals surface area contributed by atoms with Gasteiger partial charge in [-0.25, -0.2) is 0 Å². The quantitative estimate of drug-likeness (QED) is 0.173.